The van der Waals surface area contributed by atoms with Gasteiger partial charge in [0.15, 0.2) is 0 Å². The lowest BCUT2D eigenvalue weighted by Crippen LogP contribution is -2.28. The van der Waals surface area contributed by atoms with Crippen molar-refractivity contribution < 1.29 is 9.53 Å². The maximum absolute atomic E-state index is 11.6. The lowest BCUT2D eigenvalue weighted by atomic mass is 10.2. The Morgan fingerprint density at radius 1 is 1.40 bits per heavy atom. The number of nitrogens with zero attached hydrogens (tertiary/aromatic N) is 2. The van der Waals surface area contributed by atoms with E-state index < -0.39 is 5.60 Å². The highest BCUT2D eigenvalue weighted by Crippen LogP contribution is 2.21. The van der Waals surface area contributed by atoms with Crippen molar-refractivity contribution in [3.05, 3.63) is 29.2 Å². The molecule has 6 heteroatoms. The standard InChI is InChI=1S/C14H17N3O2S/c1-14(2,3)19-13(18)7-15-12-6-11(16-9-17-12)10-4-5-20-8-10/h4-6,8-9H,7H2,1-3H3,(H,15,16,17). The number of hydrogen-bond donors (Lipinski definition) is 1. The van der Waals surface area contributed by atoms with Gasteiger partial charge in [-0.3, -0.25) is 4.79 Å². The topological polar surface area (TPSA) is 64.1 Å². The fourth-order valence-electron chi connectivity index (χ4n) is 1.56. The highest BCUT2D eigenvalue weighted by Gasteiger charge is 2.16. The molecule has 0 radical (unpaired) electrons. The Balaban J connectivity index is 1.97. The lowest BCUT2D eigenvalue weighted by molar-refractivity contribution is -0.152. The van der Waals surface area contributed by atoms with Crippen molar-refractivity contribution in [2.75, 3.05) is 11.9 Å². The van der Waals surface area contributed by atoms with Crippen molar-refractivity contribution in [2.24, 2.45) is 0 Å². The molecule has 20 heavy (non-hydrogen) atoms. The Kier molecular flexibility index (Phi) is 4.34. The Labute approximate surface area is 122 Å². The van der Waals surface area contributed by atoms with Crippen LogP contribution in [0.3, 0.4) is 0 Å². The summed E-state index contributed by atoms with van der Waals surface area (Å²) >= 11 is 1.61. The molecule has 0 aliphatic heterocycles. The molecule has 5 nitrogen and oxygen atoms in total. The predicted octanol–water partition coefficient (Wildman–Crippen LogP) is 2.96. The molecule has 0 bridgehead atoms. The summed E-state index contributed by atoms with van der Waals surface area (Å²) in [7, 11) is 0. The summed E-state index contributed by atoms with van der Waals surface area (Å²) in [6, 6.07) is 3.80. The molecule has 2 rings (SSSR count). The van der Waals surface area contributed by atoms with Crippen molar-refractivity contribution in [2.45, 2.75) is 26.4 Å². The van der Waals surface area contributed by atoms with Crippen molar-refractivity contribution in [1.82, 2.24) is 9.97 Å². The second-order valence-electron chi connectivity index (χ2n) is 5.24. The molecule has 0 unspecified atom stereocenters. The van der Waals surface area contributed by atoms with Gasteiger partial charge in [-0.05, 0) is 32.2 Å². The molecule has 1 N–H and O–H groups in total. The van der Waals surface area contributed by atoms with Crippen LogP contribution < -0.4 is 5.32 Å². The van der Waals surface area contributed by atoms with Gasteiger partial charge in [0.05, 0.1) is 5.69 Å². The van der Waals surface area contributed by atoms with E-state index in [-0.39, 0.29) is 12.5 Å². The zero-order chi connectivity index (χ0) is 14.6. The summed E-state index contributed by atoms with van der Waals surface area (Å²) in [6.07, 6.45) is 1.48. The van der Waals surface area contributed by atoms with Gasteiger partial charge in [-0.2, -0.15) is 11.3 Å². The van der Waals surface area contributed by atoms with Crippen LogP contribution in [0.2, 0.25) is 0 Å². The fourth-order valence-corrected chi connectivity index (χ4v) is 2.21. The Bertz CT molecular complexity index is 576. The first-order valence-electron chi connectivity index (χ1n) is 6.24. The van der Waals surface area contributed by atoms with Crippen molar-refractivity contribution in [3.8, 4) is 11.3 Å². The molecule has 106 valence electrons. The van der Waals surface area contributed by atoms with E-state index in [2.05, 4.69) is 15.3 Å². The van der Waals surface area contributed by atoms with Crippen LogP contribution in [-0.4, -0.2) is 28.1 Å². The summed E-state index contributed by atoms with van der Waals surface area (Å²) in [6.45, 7) is 5.59. The highest BCUT2D eigenvalue weighted by molar-refractivity contribution is 7.08. The van der Waals surface area contributed by atoms with Gasteiger partial charge < -0.3 is 10.1 Å². The number of aromatic nitrogens is 2. The number of hydrogen-bond acceptors (Lipinski definition) is 6. The van der Waals surface area contributed by atoms with E-state index in [4.69, 9.17) is 4.74 Å². The van der Waals surface area contributed by atoms with Crippen LogP contribution in [0.15, 0.2) is 29.2 Å². The first-order chi connectivity index (χ1) is 9.44. The number of anilines is 1. The first kappa shape index (κ1) is 14.5. The molecule has 0 spiro atoms. The van der Waals surface area contributed by atoms with E-state index in [1.54, 1.807) is 11.3 Å². The Morgan fingerprint density at radius 3 is 2.85 bits per heavy atom. The summed E-state index contributed by atoms with van der Waals surface area (Å²) in [4.78, 5) is 19.9. The predicted molar refractivity (Wildman–Crippen MR) is 79.7 cm³/mol. The molecular formula is C14H17N3O2S. The van der Waals surface area contributed by atoms with Crippen molar-refractivity contribution in [1.29, 1.82) is 0 Å². The molecule has 2 aromatic rings. The molecule has 0 fully saturated rings. The number of nitrogens with one attached hydrogen (secondary N) is 1. The van der Waals surface area contributed by atoms with Gasteiger partial charge in [-0.15, -0.1) is 0 Å². The summed E-state index contributed by atoms with van der Waals surface area (Å²) < 4.78 is 5.22. The van der Waals surface area contributed by atoms with E-state index in [1.165, 1.54) is 6.33 Å². The summed E-state index contributed by atoms with van der Waals surface area (Å²) in [5, 5.41) is 6.95. The Hall–Kier alpha value is -1.95. The molecule has 2 aromatic heterocycles. The number of rotatable bonds is 4. The average Bonchev–Trinajstić information content (AvgIpc) is 2.88. The molecule has 0 saturated carbocycles. The zero-order valence-corrected chi connectivity index (χ0v) is 12.5. The van der Waals surface area contributed by atoms with Crippen LogP contribution in [0.25, 0.3) is 11.3 Å². The van der Waals surface area contributed by atoms with Gasteiger partial charge in [-0.1, -0.05) is 0 Å². The third-order valence-corrected chi connectivity index (χ3v) is 3.00. The average molecular weight is 291 g/mol. The normalized spacial score (nSPS) is 11.2. The summed E-state index contributed by atoms with van der Waals surface area (Å²) in [5.74, 6) is 0.292. The number of esters is 1. The highest BCUT2D eigenvalue weighted by atomic mass is 32.1. The van der Waals surface area contributed by atoms with Crippen LogP contribution in [-0.2, 0) is 9.53 Å². The monoisotopic (exact) mass is 291 g/mol. The van der Waals surface area contributed by atoms with Gasteiger partial charge in [0.1, 0.15) is 24.3 Å². The van der Waals surface area contributed by atoms with Crippen LogP contribution in [0.1, 0.15) is 20.8 Å². The smallest absolute Gasteiger partial charge is 0.325 e. The van der Waals surface area contributed by atoms with E-state index in [0.717, 1.165) is 11.3 Å². The minimum atomic E-state index is -0.480. The minimum absolute atomic E-state index is 0.0807. The van der Waals surface area contributed by atoms with E-state index in [0.29, 0.717) is 5.82 Å². The zero-order valence-electron chi connectivity index (χ0n) is 11.7. The summed E-state index contributed by atoms with van der Waals surface area (Å²) in [5.41, 5.74) is 1.39. The van der Waals surface area contributed by atoms with Crippen molar-refractivity contribution in [3.63, 3.8) is 0 Å². The molecular weight excluding hydrogens is 274 g/mol. The third-order valence-electron chi connectivity index (χ3n) is 2.32. The van der Waals surface area contributed by atoms with E-state index in [9.17, 15) is 4.79 Å². The fraction of sp³-hybridized carbons (Fsp3) is 0.357. The van der Waals surface area contributed by atoms with Gasteiger partial charge in [-0.25, -0.2) is 9.97 Å². The number of thiophene rings is 1. The van der Waals surface area contributed by atoms with Crippen LogP contribution >= 0.6 is 11.3 Å². The van der Waals surface area contributed by atoms with Gasteiger partial charge in [0.25, 0.3) is 0 Å². The minimum Gasteiger partial charge on any atom is -0.459 e. The van der Waals surface area contributed by atoms with Crippen LogP contribution in [0, 0.1) is 0 Å². The van der Waals surface area contributed by atoms with Crippen molar-refractivity contribution >= 4 is 23.1 Å². The molecule has 0 aromatic carbocycles. The van der Waals surface area contributed by atoms with Gasteiger partial charge in [0, 0.05) is 17.0 Å². The molecule has 2 heterocycles. The maximum Gasteiger partial charge on any atom is 0.325 e. The Morgan fingerprint density at radius 2 is 2.20 bits per heavy atom. The second kappa shape index (κ2) is 6.00. The third kappa shape index (κ3) is 4.31. The molecule has 0 amide bonds. The van der Waals surface area contributed by atoms with E-state index in [1.807, 2.05) is 43.7 Å². The molecule has 0 atom stereocenters. The van der Waals surface area contributed by atoms with Gasteiger partial charge >= 0.3 is 5.97 Å². The SMILES string of the molecule is CC(C)(C)OC(=O)CNc1cc(-c2ccsc2)ncn1. The second-order valence-corrected chi connectivity index (χ2v) is 6.02. The molecule has 0 aliphatic rings. The van der Waals surface area contributed by atoms with Crippen LogP contribution in [0.4, 0.5) is 5.82 Å². The first-order valence-corrected chi connectivity index (χ1v) is 7.19. The lowest BCUT2D eigenvalue weighted by Gasteiger charge is -2.19. The van der Waals surface area contributed by atoms with Crippen LogP contribution in [0.5, 0.6) is 0 Å². The molecule has 0 saturated heterocycles. The maximum atomic E-state index is 11.6. The number of carbonyl (C=O) groups excluding carboxylic acids is 1. The quantitative estimate of drug-likeness (QED) is 0.877. The van der Waals surface area contributed by atoms with E-state index >= 15 is 0 Å². The van der Waals surface area contributed by atoms with Gasteiger partial charge in [0.2, 0.25) is 0 Å². The number of ether oxygens (including phenoxy) is 1. The number of carbonyl (C=O) groups is 1. The largest absolute Gasteiger partial charge is 0.459 e. The molecule has 0 aliphatic carbocycles.